The van der Waals surface area contributed by atoms with E-state index in [0.29, 0.717) is 4.57 Å². The van der Waals surface area contributed by atoms with Crippen LogP contribution in [0.3, 0.4) is 0 Å². The molecule has 2 rings (SSSR count). The highest BCUT2D eigenvalue weighted by Crippen LogP contribution is 2.20. The van der Waals surface area contributed by atoms with E-state index in [-0.39, 0.29) is 16.6 Å². The molecule has 0 spiro atoms. The molecule has 2 aromatic rings. The molecule has 0 aliphatic heterocycles. The van der Waals surface area contributed by atoms with E-state index in [4.69, 9.17) is 5.73 Å². The summed E-state index contributed by atoms with van der Waals surface area (Å²) in [6.07, 6.45) is -5.10. The van der Waals surface area contributed by atoms with E-state index >= 15 is 0 Å². The molecule has 0 unspecified atom stereocenters. The summed E-state index contributed by atoms with van der Waals surface area (Å²) in [4.78, 5) is 46.9. The summed E-state index contributed by atoms with van der Waals surface area (Å²) >= 11 is 0. The van der Waals surface area contributed by atoms with Crippen molar-refractivity contribution in [1.29, 1.82) is 0 Å². The number of H-pyrrole nitrogens is 1. The van der Waals surface area contributed by atoms with Crippen molar-refractivity contribution in [2.24, 2.45) is 5.73 Å². The predicted molar refractivity (Wildman–Crippen MR) is 68.5 cm³/mol. The molecule has 8 nitrogen and oxygen atoms in total. The molecule has 0 aliphatic rings. The van der Waals surface area contributed by atoms with Crippen molar-refractivity contribution in [3.63, 3.8) is 0 Å². The molecule has 0 bridgehead atoms. The van der Waals surface area contributed by atoms with Gasteiger partial charge in [-0.05, 0) is 18.2 Å². The van der Waals surface area contributed by atoms with Gasteiger partial charge < -0.3 is 11.1 Å². The van der Waals surface area contributed by atoms with Crippen molar-refractivity contribution in [1.82, 2.24) is 9.55 Å². The molecular formula is C11H7F3N4O4. The fourth-order valence-corrected chi connectivity index (χ4v) is 1.74. The van der Waals surface area contributed by atoms with E-state index < -0.39 is 29.4 Å². The Hall–Kier alpha value is -3.11. The molecule has 11 heteroatoms. The van der Waals surface area contributed by atoms with Crippen molar-refractivity contribution in [3.8, 4) is 0 Å². The van der Waals surface area contributed by atoms with Gasteiger partial charge in [0.2, 0.25) is 0 Å². The number of anilines is 1. The van der Waals surface area contributed by atoms with Crippen LogP contribution in [0.2, 0.25) is 0 Å². The molecular weight excluding hydrogens is 309 g/mol. The van der Waals surface area contributed by atoms with E-state index in [1.165, 1.54) is 0 Å². The maximum Gasteiger partial charge on any atom is 0.471 e. The molecule has 1 heterocycles. The second kappa shape index (κ2) is 5.02. The molecule has 0 aliphatic carbocycles. The SMILES string of the molecule is NC(=O)n1c(=O)[nH]c(=O)c2cc(NC(=O)C(F)(F)F)ccc21. The zero-order valence-electron chi connectivity index (χ0n) is 10.5. The first kappa shape index (κ1) is 15.3. The number of carbonyl (C=O) groups is 2. The molecule has 4 N–H and O–H groups in total. The first-order chi connectivity index (χ1) is 10.1. The van der Waals surface area contributed by atoms with Gasteiger partial charge in [0.1, 0.15) is 0 Å². The number of nitrogens with zero attached hydrogens (tertiary/aromatic N) is 1. The summed E-state index contributed by atoms with van der Waals surface area (Å²) in [6, 6.07) is 1.71. The number of carbonyl (C=O) groups excluding carboxylic acids is 2. The molecule has 0 fully saturated rings. The number of aromatic amines is 1. The van der Waals surface area contributed by atoms with Crippen LogP contribution in [0.1, 0.15) is 0 Å². The van der Waals surface area contributed by atoms with E-state index in [1.807, 2.05) is 0 Å². The van der Waals surface area contributed by atoms with Gasteiger partial charge in [0.05, 0.1) is 10.9 Å². The van der Waals surface area contributed by atoms with Crippen molar-refractivity contribution in [2.75, 3.05) is 5.32 Å². The van der Waals surface area contributed by atoms with E-state index in [9.17, 15) is 32.3 Å². The van der Waals surface area contributed by atoms with Gasteiger partial charge in [-0.1, -0.05) is 0 Å². The molecule has 22 heavy (non-hydrogen) atoms. The first-order valence-electron chi connectivity index (χ1n) is 5.58. The molecule has 2 amide bonds. The van der Waals surface area contributed by atoms with Gasteiger partial charge in [0.15, 0.2) is 0 Å². The lowest BCUT2D eigenvalue weighted by Gasteiger charge is -2.10. The highest BCUT2D eigenvalue weighted by molar-refractivity contribution is 5.97. The third-order valence-corrected chi connectivity index (χ3v) is 2.64. The molecule has 116 valence electrons. The normalized spacial score (nSPS) is 11.4. The zero-order chi connectivity index (χ0) is 16.7. The zero-order valence-corrected chi connectivity index (χ0v) is 10.5. The monoisotopic (exact) mass is 316 g/mol. The minimum absolute atomic E-state index is 0.203. The average Bonchev–Trinajstić information content (AvgIpc) is 2.37. The first-order valence-corrected chi connectivity index (χ1v) is 5.58. The Labute approximate surface area is 118 Å². The number of primary amides is 1. The Bertz CT molecular complexity index is 897. The maximum absolute atomic E-state index is 12.2. The van der Waals surface area contributed by atoms with Gasteiger partial charge in [-0.2, -0.15) is 13.2 Å². The second-order valence-corrected chi connectivity index (χ2v) is 4.12. The Kier molecular flexibility index (Phi) is 3.49. The Morgan fingerprint density at radius 2 is 1.86 bits per heavy atom. The third-order valence-electron chi connectivity index (χ3n) is 2.64. The quantitative estimate of drug-likeness (QED) is 0.690. The number of hydrogen-bond donors (Lipinski definition) is 3. The van der Waals surface area contributed by atoms with Gasteiger partial charge in [-0.25, -0.2) is 14.2 Å². The summed E-state index contributed by atoms with van der Waals surface area (Å²) in [5.41, 5.74) is 2.42. The summed E-state index contributed by atoms with van der Waals surface area (Å²) < 4.78 is 36.9. The maximum atomic E-state index is 12.2. The predicted octanol–water partition coefficient (Wildman–Crippen LogP) is 0.117. The summed E-state index contributed by atoms with van der Waals surface area (Å²) in [7, 11) is 0. The minimum Gasteiger partial charge on any atom is -0.351 e. The van der Waals surface area contributed by atoms with Gasteiger partial charge in [-0.15, -0.1) is 0 Å². The number of alkyl halides is 3. The smallest absolute Gasteiger partial charge is 0.351 e. The number of nitrogens with one attached hydrogen (secondary N) is 2. The Morgan fingerprint density at radius 1 is 1.23 bits per heavy atom. The Balaban J connectivity index is 2.62. The standard InChI is InChI=1S/C11H7F3N4O4/c12-11(13,14)8(20)16-4-1-2-6-5(3-4)7(19)17-10(22)18(6)9(15)21/h1-3H,(H2,15,21)(H,16,20)(H,17,19,22). The number of amides is 2. The fraction of sp³-hybridized carbons (Fsp3) is 0.0909. The van der Waals surface area contributed by atoms with Crippen LogP contribution in [0.4, 0.5) is 23.7 Å². The fourth-order valence-electron chi connectivity index (χ4n) is 1.74. The van der Waals surface area contributed by atoms with Crippen LogP contribution in [-0.2, 0) is 4.79 Å². The average molecular weight is 316 g/mol. The minimum atomic E-state index is -5.10. The van der Waals surface area contributed by atoms with Gasteiger partial charge in [0.25, 0.3) is 5.56 Å². The summed E-state index contributed by atoms with van der Waals surface area (Å²) in [6.45, 7) is 0. The van der Waals surface area contributed by atoms with Crippen molar-refractivity contribution in [2.45, 2.75) is 6.18 Å². The van der Waals surface area contributed by atoms with Crippen LogP contribution < -0.4 is 22.3 Å². The largest absolute Gasteiger partial charge is 0.471 e. The molecule has 0 atom stereocenters. The number of fused-ring (bicyclic) bond motifs is 1. The molecule has 0 saturated carbocycles. The number of benzene rings is 1. The van der Waals surface area contributed by atoms with Crippen molar-refractivity contribution < 1.29 is 22.8 Å². The summed E-state index contributed by atoms with van der Waals surface area (Å²) in [5.74, 6) is -2.23. The highest BCUT2D eigenvalue weighted by Gasteiger charge is 2.38. The lowest BCUT2D eigenvalue weighted by molar-refractivity contribution is -0.167. The number of halogens is 3. The molecule has 0 saturated heterocycles. The van der Waals surface area contributed by atoms with Gasteiger partial charge >= 0.3 is 23.8 Å². The number of rotatable bonds is 1. The lowest BCUT2D eigenvalue weighted by Crippen LogP contribution is -2.37. The molecule has 0 radical (unpaired) electrons. The lowest BCUT2D eigenvalue weighted by atomic mass is 10.2. The van der Waals surface area contributed by atoms with Crippen molar-refractivity contribution >= 4 is 28.5 Å². The van der Waals surface area contributed by atoms with Crippen LogP contribution in [0, 0.1) is 0 Å². The van der Waals surface area contributed by atoms with Crippen LogP contribution in [0.15, 0.2) is 27.8 Å². The van der Waals surface area contributed by atoms with Crippen LogP contribution >= 0.6 is 0 Å². The third kappa shape index (κ3) is 2.68. The van der Waals surface area contributed by atoms with Crippen LogP contribution in [0.5, 0.6) is 0 Å². The summed E-state index contributed by atoms with van der Waals surface area (Å²) in [5, 5.41) is 1.25. The van der Waals surface area contributed by atoms with Crippen molar-refractivity contribution in [3.05, 3.63) is 39.0 Å². The number of nitrogens with two attached hydrogens (primary N) is 1. The van der Waals surface area contributed by atoms with Gasteiger partial charge in [-0.3, -0.25) is 14.6 Å². The van der Waals surface area contributed by atoms with Crippen LogP contribution in [0.25, 0.3) is 10.9 Å². The number of aromatic nitrogens is 2. The molecule has 1 aromatic carbocycles. The second-order valence-electron chi connectivity index (χ2n) is 4.12. The molecule has 1 aromatic heterocycles. The highest BCUT2D eigenvalue weighted by atomic mass is 19.4. The van der Waals surface area contributed by atoms with E-state index in [0.717, 1.165) is 18.2 Å². The van der Waals surface area contributed by atoms with E-state index in [1.54, 1.807) is 10.3 Å². The number of hydrogen-bond acceptors (Lipinski definition) is 4. The topological polar surface area (TPSA) is 127 Å². The van der Waals surface area contributed by atoms with Crippen LogP contribution in [-0.4, -0.2) is 27.7 Å². The van der Waals surface area contributed by atoms with Gasteiger partial charge in [0, 0.05) is 5.69 Å². The Morgan fingerprint density at radius 3 is 2.41 bits per heavy atom. The van der Waals surface area contributed by atoms with E-state index in [2.05, 4.69) is 0 Å².